The number of aromatic nitrogens is 2. The van der Waals surface area contributed by atoms with E-state index in [1.165, 1.54) is 38.3 Å². The van der Waals surface area contributed by atoms with Crippen molar-refractivity contribution in [3.05, 3.63) is 47.9 Å². The molecule has 216 valence electrons. The zero-order valence-electron chi connectivity index (χ0n) is 23.6. The molecule has 3 saturated heterocycles. The Balaban J connectivity index is 0.919. The maximum atomic E-state index is 13.8. The Kier molecular flexibility index (Phi) is 8.77. The van der Waals surface area contributed by atoms with Crippen molar-refractivity contribution in [2.75, 3.05) is 84.0 Å². The highest BCUT2D eigenvalue weighted by Gasteiger charge is 2.34. The van der Waals surface area contributed by atoms with E-state index >= 15 is 0 Å². The van der Waals surface area contributed by atoms with Gasteiger partial charge >= 0.3 is 0 Å². The molecule has 9 nitrogen and oxygen atoms in total. The first-order chi connectivity index (χ1) is 19.6. The molecule has 6 rings (SSSR count). The minimum Gasteiger partial charge on any atom is -0.477 e. The van der Waals surface area contributed by atoms with Crippen LogP contribution in [0.25, 0.3) is 11.0 Å². The van der Waals surface area contributed by atoms with Crippen molar-refractivity contribution < 1.29 is 13.7 Å². The van der Waals surface area contributed by atoms with Gasteiger partial charge in [0, 0.05) is 76.9 Å². The molecule has 0 spiro atoms. The van der Waals surface area contributed by atoms with Crippen LogP contribution in [0.15, 0.2) is 40.9 Å². The van der Waals surface area contributed by atoms with Gasteiger partial charge in [-0.15, -0.1) is 0 Å². The summed E-state index contributed by atoms with van der Waals surface area (Å²) < 4.78 is 25.4. The van der Waals surface area contributed by atoms with Crippen LogP contribution < -0.4 is 15.0 Å². The summed E-state index contributed by atoms with van der Waals surface area (Å²) in [6.45, 7) is 12.0. The van der Waals surface area contributed by atoms with Gasteiger partial charge in [0.2, 0.25) is 5.88 Å². The van der Waals surface area contributed by atoms with Gasteiger partial charge in [0.15, 0.2) is 11.4 Å². The van der Waals surface area contributed by atoms with Crippen LogP contribution in [0.3, 0.4) is 0 Å². The molecular weight excluding hydrogens is 509 g/mol. The molecule has 40 heavy (non-hydrogen) atoms. The zero-order chi connectivity index (χ0) is 27.3. The molecule has 1 N–H and O–H groups in total. The summed E-state index contributed by atoms with van der Waals surface area (Å²) in [5, 5.41) is 8.56. The second kappa shape index (κ2) is 12.8. The number of anilines is 1. The largest absolute Gasteiger partial charge is 0.477 e. The molecule has 0 aliphatic carbocycles. The van der Waals surface area contributed by atoms with Crippen LogP contribution in [0, 0.1) is 11.7 Å². The number of likely N-dealkylation sites (N-methyl/N-ethyl adjacent to an activating group) is 1. The van der Waals surface area contributed by atoms with Gasteiger partial charge < -0.3 is 29.3 Å². The Hall–Kier alpha value is -2.79. The lowest BCUT2D eigenvalue weighted by Gasteiger charge is -2.46. The van der Waals surface area contributed by atoms with E-state index in [2.05, 4.69) is 43.2 Å². The van der Waals surface area contributed by atoms with Crippen LogP contribution in [-0.4, -0.2) is 110 Å². The van der Waals surface area contributed by atoms with Gasteiger partial charge in [0.05, 0.1) is 17.7 Å². The molecule has 0 bridgehead atoms. The average molecular weight is 552 g/mol. The Morgan fingerprint density at radius 1 is 1.05 bits per heavy atom. The fourth-order valence-electron chi connectivity index (χ4n) is 6.27. The first-order valence-corrected chi connectivity index (χ1v) is 14.8. The minimum absolute atomic E-state index is 0.260. The third-order valence-electron chi connectivity index (χ3n) is 8.70. The lowest BCUT2D eigenvalue weighted by molar-refractivity contribution is 0.0716. The second-order valence-electron chi connectivity index (χ2n) is 11.6. The summed E-state index contributed by atoms with van der Waals surface area (Å²) in [5.74, 6) is 1.70. The number of nitrogens with zero attached hydrogens (tertiary/aromatic N) is 6. The fourth-order valence-corrected chi connectivity index (χ4v) is 6.27. The van der Waals surface area contributed by atoms with E-state index in [1.54, 1.807) is 6.07 Å². The molecule has 3 fully saturated rings. The van der Waals surface area contributed by atoms with Gasteiger partial charge in [-0.05, 0) is 63.7 Å². The third kappa shape index (κ3) is 6.74. The number of piperidine rings is 1. The summed E-state index contributed by atoms with van der Waals surface area (Å²) in [7, 11) is 2.20. The van der Waals surface area contributed by atoms with Crippen molar-refractivity contribution in [3.8, 4) is 5.88 Å². The van der Waals surface area contributed by atoms with E-state index in [9.17, 15) is 4.39 Å². The van der Waals surface area contributed by atoms with Crippen LogP contribution in [0.1, 0.15) is 25.0 Å². The average Bonchev–Trinajstić information content (AvgIpc) is 3.40. The normalized spacial score (nSPS) is 23.0. The van der Waals surface area contributed by atoms with E-state index in [4.69, 9.17) is 14.2 Å². The first-order valence-electron chi connectivity index (χ1n) is 14.8. The summed E-state index contributed by atoms with van der Waals surface area (Å²) in [6, 6.07) is 11.1. The van der Waals surface area contributed by atoms with Crippen molar-refractivity contribution in [2.45, 2.75) is 31.8 Å². The Morgan fingerprint density at radius 3 is 2.85 bits per heavy atom. The molecule has 0 radical (unpaired) electrons. The Morgan fingerprint density at radius 2 is 1.95 bits per heavy atom. The number of hydrogen-bond acceptors (Lipinski definition) is 9. The highest BCUT2D eigenvalue weighted by atomic mass is 19.1. The lowest BCUT2D eigenvalue weighted by Crippen LogP contribution is -2.57. The number of hydrogen-bond donors (Lipinski definition) is 1. The van der Waals surface area contributed by atoms with Gasteiger partial charge in [-0.25, -0.2) is 9.37 Å². The number of halogens is 1. The molecule has 0 amide bonds. The molecular formula is C30H42FN7O2. The fraction of sp³-hybridized carbons (Fsp3) is 0.600. The van der Waals surface area contributed by atoms with Gasteiger partial charge in [-0.3, -0.25) is 4.90 Å². The molecule has 2 aromatic heterocycles. The zero-order valence-corrected chi connectivity index (χ0v) is 23.6. The van der Waals surface area contributed by atoms with Crippen LogP contribution in [-0.2, 0) is 6.54 Å². The predicted molar refractivity (Wildman–Crippen MR) is 154 cm³/mol. The molecule has 3 aliphatic rings. The van der Waals surface area contributed by atoms with Crippen LogP contribution in [0.2, 0.25) is 0 Å². The van der Waals surface area contributed by atoms with Crippen molar-refractivity contribution in [1.82, 2.24) is 30.2 Å². The number of fused-ring (bicyclic) bond motifs is 2. The number of piperazine rings is 2. The van der Waals surface area contributed by atoms with Gasteiger partial charge in [0.1, 0.15) is 5.82 Å². The van der Waals surface area contributed by atoms with E-state index < -0.39 is 0 Å². The Bertz CT molecular complexity index is 1250. The third-order valence-corrected chi connectivity index (χ3v) is 8.70. The highest BCUT2D eigenvalue weighted by molar-refractivity contribution is 5.88. The summed E-state index contributed by atoms with van der Waals surface area (Å²) >= 11 is 0. The number of rotatable bonds is 10. The van der Waals surface area contributed by atoms with Crippen molar-refractivity contribution in [3.63, 3.8) is 0 Å². The van der Waals surface area contributed by atoms with E-state index in [1.807, 2.05) is 12.1 Å². The molecule has 5 heterocycles. The quantitative estimate of drug-likeness (QED) is 0.383. The Labute approximate surface area is 236 Å². The predicted octanol–water partition coefficient (Wildman–Crippen LogP) is 3.07. The maximum Gasteiger partial charge on any atom is 0.213 e. The number of pyridine rings is 1. The first kappa shape index (κ1) is 27.4. The number of nitrogens with one attached hydrogen (secondary N) is 1. The van der Waals surface area contributed by atoms with Crippen molar-refractivity contribution in [1.29, 1.82) is 0 Å². The summed E-state index contributed by atoms with van der Waals surface area (Å²) in [4.78, 5) is 14.5. The molecule has 0 unspecified atom stereocenters. The molecule has 3 aromatic rings. The van der Waals surface area contributed by atoms with Crippen LogP contribution >= 0.6 is 0 Å². The molecule has 1 aromatic carbocycles. The lowest BCUT2D eigenvalue weighted by atomic mass is 9.91. The van der Waals surface area contributed by atoms with Crippen LogP contribution in [0.5, 0.6) is 5.88 Å². The maximum absolute atomic E-state index is 13.8. The number of ether oxygens (including phenoxy) is 1. The molecule has 3 aliphatic heterocycles. The van der Waals surface area contributed by atoms with Gasteiger partial charge in [-0.1, -0.05) is 11.2 Å². The SMILES string of the molecule is CN1CCN(CCCNCc2cccc(OC[C@H]3CC[C@H]4CN(c5noc6ccc(F)cc56)CCN4C3)n2)CC1. The molecule has 10 heteroatoms. The van der Waals surface area contributed by atoms with Crippen LogP contribution in [0.4, 0.5) is 10.2 Å². The van der Waals surface area contributed by atoms with E-state index in [-0.39, 0.29) is 5.82 Å². The summed E-state index contributed by atoms with van der Waals surface area (Å²) in [5.41, 5.74) is 1.66. The standard InChI is InChI=1S/C30H42FN7O2/c1-35-12-14-36(15-13-35)11-3-10-32-19-25-4-2-5-29(33-25)39-22-23-6-8-26-21-38(17-16-37(26)20-23)30-27-18-24(31)7-9-28(27)40-34-30/h2,4-5,7,9,18,23,26,32H,3,6,8,10-17,19-22H2,1H3/t23-,26-/m0/s1. The number of benzene rings is 1. The topological polar surface area (TPSA) is 73.1 Å². The van der Waals surface area contributed by atoms with Crippen molar-refractivity contribution in [2.24, 2.45) is 5.92 Å². The van der Waals surface area contributed by atoms with Crippen molar-refractivity contribution >= 4 is 16.8 Å². The monoisotopic (exact) mass is 551 g/mol. The van der Waals surface area contributed by atoms with Gasteiger partial charge in [0.25, 0.3) is 0 Å². The van der Waals surface area contributed by atoms with Gasteiger partial charge in [-0.2, -0.15) is 0 Å². The van der Waals surface area contributed by atoms with E-state index in [0.29, 0.717) is 30.0 Å². The summed E-state index contributed by atoms with van der Waals surface area (Å²) in [6.07, 6.45) is 3.39. The molecule has 2 atom stereocenters. The highest BCUT2D eigenvalue weighted by Crippen LogP contribution is 2.31. The molecule has 0 saturated carbocycles. The second-order valence-corrected chi connectivity index (χ2v) is 11.6. The smallest absolute Gasteiger partial charge is 0.213 e. The van der Waals surface area contributed by atoms with E-state index in [0.717, 1.165) is 82.0 Å². The minimum atomic E-state index is -0.260.